The molecule has 2 heterocycles. The maximum Gasteiger partial charge on any atom is 0.416 e. The third kappa shape index (κ3) is 6.78. The summed E-state index contributed by atoms with van der Waals surface area (Å²) in [6, 6.07) is 5.69. The van der Waals surface area contributed by atoms with Crippen molar-refractivity contribution < 1.29 is 22.8 Å². The molecule has 0 radical (unpaired) electrons. The van der Waals surface area contributed by atoms with E-state index in [2.05, 4.69) is 20.2 Å². The lowest BCUT2D eigenvalue weighted by Gasteiger charge is -2.12. The number of hydrogen-bond donors (Lipinski definition) is 1. The molecule has 0 atom stereocenters. The van der Waals surface area contributed by atoms with E-state index in [1.165, 1.54) is 23.7 Å². The lowest BCUT2D eigenvalue weighted by molar-refractivity contribution is -0.137. The van der Waals surface area contributed by atoms with Crippen LogP contribution in [0.5, 0.6) is 5.75 Å². The number of nitrogens with two attached hydrogens (primary N) is 1. The number of amides is 1. The Morgan fingerprint density at radius 3 is 2.47 bits per heavy atom. The van der Waals surface area contributed by atoms with Gasteiger partial charge in [-0.25, -0.2) is 4.68 Å². The average molecular weight is 521 g/mol. The van der Waals surface area contributed by atoms with Crippen LogP contribution in [-0.2, 0) is 18.1 Å². The summed E-state index contributed by atoms with van der Waals surface area (Å²) in [4.78, 5) is 26.8. The topological polar surface area (TPSA) is 108 Å². The molecule has 0 aliphatic carbocycles. The molecule has 1 aromatic carbocycles. The zero-order valence-electron chi connectivity index (χ0n) is 20.3. The van der Waals surface area contributed by atoms with Crippen LogP contribution in [0.2, 0.25) is 0 Å². The minimum atomic E-state index is -4.67. The van der Waals surface area contributed by atoms with Crippen molar-refractivity contribution in [3.05, 3.63) is 69.2 Å². The molecule has 0 bridgehead atoms. The Bertz CT molecular complexity index is 1310. The number of rotatable bonds is 7. The fourth-order valence-corrected chi connectivity index (χ4v) is 3.91. The van der Waals surface area contributed by atoms with Crippen LogP contribution in [0.15, 0.2) is 52.9 Å². The summed E-state index contributed by atoms with van der Waals surface area (Å²) in [6.45, 7) is 8.47. The average Bonchev–Trinajstić information content (AvgIpc) is 3.24. The van der Waals surface area contributed by atoms with Crippen LogP contribution < -0.4 is 15.4 Å². The molecule has 0 aliphatic rings. The largest absolute Gasteiger partial charge is 0.416 e. The number of aryl methyl sites for hydroxylation is 1. The molecule has 0 aliphatic heterocycles. The summed E-state index contributed by atoms with van der Waals surface area (Å²) in [5, 5.41) is 9.10. The van der Waals surface area contributed by atoms with Crippen molar-refractivity contribution in [2.24, 2.45) is 15.9 Å². The van der Waals surface area contributed by atoms with Gasteiger partial charge in [-0.1, -0.05) is 50.6 Å². The summed E-state index contributed by atoms with van der Waals surface area (Å²) in [5.41, 5.74) is 4.68. The summed E-state index contributed by atoms with van der Waals surface area (Å²) in [7, 11) is 0. The van der Waals surface area contributed by atoms with E-state index < -0.39 is 23.2 Å². The number of halogens is 3. The Labute approximate surface area is 210 Å². The first-order valence-electron chi connectivity index (χ1n) is 11.2. The van der Waals surface area contributed by atoms with Gasteiger partial charge in [0.05, 0.1) is 11.1 Å². The predicted octanol–water partition coefficient (Wildman–Crippen LogP) is 4.90. The summed E-state index contributed by atoms with van der Waals surface area (Å²) >= 11 is 1.22. The van der Waals surface area contributed by atoms with Crippen molar-refractivity contribution in [1.29, 1.82) is 0 Å². The highest BCUT2D eigenvalue weighted by molar-refractivity contribution is 7.09. The summed E-state index contributed by atoms with van der Waals surface area (Å²) in [6.07, 6.45) is 0.0233. The van der Waals surface area contributed by atoms with Crippen LogP contribution in [0, 0.1) is 0 Å². The number of unbranched alkanes of at least 4 members (excludes halogenated alkanes) is 1. The minimum absolute atomic E-state index is 0.0395. The zero-order chi connectivity index (χ0) is 26.5. The van der Waals surface area contributed by atoms with Gasteiger partial charge in [0.25, 0.3) is 5.91 Å². The smallest absolute Gasteiger partial charge is 0.380 e. The fourth-order valence-electron chi connectivity index (χ4n) is 2.92. The number of carbonyl (C=O) groups excluding carboxylic acids is 1. The first-order valence-corrected chi connectivity index (χ1v) is 12.0. The molecule has 0 saturated heterocycles. The lowest BCUT2D eigenvalue weighted by atomic mass is 9.98. The van der Waals surface area contributed by atoms with Gasteiger partial charge < -0.3 is 10.6 Å². The number of carbonyl (C=O) groups is 1. The summed E-state index contributed by atoms with van der Waals surface area (Å²) in [5.74, 6) is -1.17. The standard InChI is InChI=1S/C24H27F3N6O2S/c1-5-6-13-33-22(36-21(31-33)23(2,3)4)30-20(34)17-14-16(24(25,26)27)7-8-18(17)35-32-19(28)15-9-11-29-12-10-15/h7-12,14H,5-6,13H2,1-4H3,(H2,28,32). The lowest BCUT2D eigenvalue weighted by Crippen LogP contribution is -2.19. The van der Waals surface area contributed by atoms with Gasteiger partial charge in [0.15, 0.2) is 11.6 Å². The molecule has 12 heteroatoms. The quantitative estimate of drug-likeness (QED) is 0.271. The Morgan fingerprint density at radius 1 is 1.17 bits per heavy atom. The second-order valence-corrected chi connectivity index (χ2v) is 9.90. The van der Waals surface area contributed by atoms with Gasteiger partial charge in [-0.15, -0.1) is 0 Å². The van der Waals surface area contributed by atoms with E-state index in [0.29, 0.717) is 23.0 Å². The molecule has 1 amide bonds. The van der Waals surface area contributed by atoms with Gasteiger partial charge in [0.1, 0.15) is 5.01 Å². The number of alkyl halides is 3. The highest BCUT2D eigenvalue weighted by Gasteiger charge is 2.32. The Hall–Kier alpha value is -3.54. The maximum absolute atomic E-state index is 13.4. The molecular weight excluding hydrogens is 493 g/mol. The van der Waals surface area contributed by atoms with Crippen LogP contribution in [0.3, 0.4) is 0 Å². The van der Waals surface area contributed by atoms with Crippen molar-refractivity contribution in [3.63, 3.8) is 0 Å². The second kappa shape index (κ2) is 11.0. The number of oxime groups is 1. The van der Waals surface area contributed by atoms with Gasteiger partial charge in [-0.2, -0.15) is 23.3 Å². The summed E-state index contributed by atoms with van der Waals surface area (Å²) < 4.78 is 41.9. The van der Waals surface area contributed by atoms with E-state index in [1.54, 1.807) is 16.8 Å². The van der Waals surface area contributed by atoms with E-state index in [0.717, 1.165) is 30.0 Å². The van der Waals surface area contributed by atoms with Crippen LogP contribution in [0.4, 0.5) is 13.2 Å². The molecule has 192 valence electrons. The molecule has 36 heavy (non-hydrogen) atoms. The minimum Gasteiger partial charge on any atom is -0.380 e. The number of nitrogens with zero attached hydrogens (tertiary/aromatic N) is 5. The van der Waals surface area contributed by atoms with E-state index in [1.807, 2.05) is 27.7 Å². The third-order valence-electron chi connectivity index (χ3n) is 4.94. The highest BCUT2D eigenvalue weighted by atomic mass is 32.1. The Balaban J connectivity index is 2.06. The van der Waals surface area contributed by atoms with Gasteiger partial charge in [0, 0.05) is 29.9 Å². The van der Waals surface area contributed by atoms with Crippen molar-refractivity contribution in [2.45, 2.75) is 58.7 Å². The van der Waals surface area contributed by atoms with Gasteiger partial charge in [-0.3, -0.25) is 9.78 Å². The third-order valence-corrected chi connectivity index (χ3v) is 6.31. The van der Waals surface area contributed by atoms with Crippen LogP contribution in [0.1, 0.15) is 67.0 Å². The maximum atomic E-state index is 13.4. The molecular formula is C24H27F3N6O2S. The zero-order valence-corrected chi connectivity index (χ0v) is 21.2. The van der Waals surface area contributed by atoms with Gasteiger partial charge in [0.2, 0.25) is 4.80 Å². The van der Waals surface area contributed by atoms with E-state index in [4.69, 9.17) is 10.6 Å². The molecule has 0 fully saturated rings. The van der Waals surface area contributed by atoms with Gasteiger partial charge >= 0.3 is 6.18 Å². The molecule has 2 N–H and O–H groups in total. The van der Waals surface area contributed by atoms with E-state index >= 15 is 0 Å². The van der Waals surface area contributed by atoms with E-state index in [9.17, 15) is 18.0 Å². The molecule has 2 aromatic heterocycles. The van der Waals surface area contributed by atoms with Crippen molar-refractivity contribution in [2.75, 3.05) is 0 Å². The van der Waals surface area contributed by atoms with Gasteiger partial charge in [-0.05, 0) is 36.8 Å². The first kappa shape index (κ1) is 27.1. The highest BCUT2D eigenvalue weighted by Crippen LogP contribution is 2.33. The van der Waals surface area contributed by atoms with Crippen LogP contribution in [0.25, 0.3) is 0 Å². The number of amidine groups is 1. The second-order valence-electron chi connectivity index (χ2n) is 8.95. The fraction of sp³-hybridized carbons (Fsp3) is 0.375. The van der Waals surface area contributed by atoms with Crippen molar-refractivity contribution >= 4 is 23.1 Å². The molecule has 0 unspecified atom stereocenters. The predicted molar refractivity (Wildman–Crippen MR) is 131 cm³/mol. The number of benzene rings is 1. The Morgan fingerprint density at radius 2 is 1.86 bits per heavy atom. The molecule has 0 saturated carbocycles. The molecule has 3 aromatic rings. The molecule has 0 spiro atoms. The normalized spacial score (nSPS) is 13.2. The monoisotopic (exact) mass is 520 g/mol. The number of pyridine rings is 1. The van der Waals surface area contributed by atoms with Crippen molar-refractivity contribution in [3.8, 4) is 5.75 Å². The number of hydrogen-bond acceptors (Lipinski definition) is 6. The number of aromatic nitrogens is 3. The molecule has 3 rings (SSSR count). The van der Waals surface area contributed by atoms with Crippen molar-refractivity contribution in [1.82, 2.24) is 14.8 Å². The first-order chi connectivity index (χ1) is 16.9. The Kier molecular flexibility index (Phi) is 8.28. The van der Waals surface area contributed by atoms with Crippen LogP contribution in [-0.4, -0.2) is 26.5 Å². The van der Waals surface area contributed by atoms with Crippen LogP contribution >= 0.6 is 11.3 Å². The SMILES string of the molecule is CCCCn1nc(C(C)(C)C)sc1=NC(=O)c1cc(C(F)(F)F)ccc1O/N=C(\N)c1ccncc1. The van der Waals surface area contributed by atoms with E-state index in [-0.39, 0.29) is 17.0 Å². The molecule has 8 nitrogen and oxygen atoms in total.